The van der Waals surface area contributed by atoms with Crippen LogP contribution < -0.4 is 9.62 Å². The van der Waals surface area contributed by atoms with Crippen LogP contribution in [0.25, 0.3) is 0 Å². The van der Waals surface area contributed by atoms with Crippen molar-refractivity contribution in [3.05, 3.63) is 95.1 Å². The Morgan fingerprint density at radius 3 is 2.02 bits per heavy atom. The molecule has 0 bridgehead atoms. The van der Waals surface area contributed by atoms with Gasteiger partial charge in [-0.1, -0.05) is 72.6 Å². The molecular weight excluding hydrogens is 522 g/mol. The van der Waals surface area contributed by atoms with E-state index in [0.29, 0.717) is 12.1 Å². The largest absolute Gasteiger partial charge is 0.350 e. The van der Waals surface area contributed by atoms with Gasteiger partial charge in [-0.15, -0.1) is 0 Å². The summed E-state index contributed by atoms with van der Waals surface area (Å²) in [7, 11) is -4.09. The van der Waals surface area contributed by atoms with Gasteiger partial charge in [0.15, 0.2) is 0 Å². The third kappa shape index (κ3) is 7.72. The molecule has 0 heterocycles. The number of hydrogen-bond acceptors (Lipinski definition) is 4. The first-order valence-electron chi connectivity index (χ1n) is 13.5. The zero-order valence-electron chi connectivity index (χ0n) is 24.6. The minimum Gasteiger partial charge on any atom is -0.350 e. The van der Waals surface area contributed by atoms with E-state index in [0.717, 1.165) is 26.6 Å². The molecule has 1 atom stereocenters. The zero-order valence-corrected chi connectivity index (χ0v) is 25.4. The molecule has 3 aromatic rings. The van der Waals surface area contributed by atoms with E-state index >= 15 is 0 Å². The van der Waals surface area contributed by atoms with Gasteiger partial charge in [0.05, 0.1) is 10.6 Å². The highest BCUT2D eigenvalue weighted by Gasteiger charge is 2.35. The SMILES string of the molecule is CC[C@H](C(=O)NC(C)(C)C)N(Cc1ccc(C)cc1)C(=O)CN(c1ccc(C)cc1C)S(=O)(=O)c1ccccc1. The second-order valence-corrected chi connectivity index (χ2v) is 13.1. The zero-order chi connectivity index (χ0) is 29.7. The van der Waals surface area contributed by atoms with Gasteiger partial charge in [0.1, 0.15) is 12.6 Å². The molecule has 0 fully saturated rings. The normalized spacial score (nSPS) is 12.5. The number of sulfonamides is 1. The van der Waals surface area contributed by atoms with E-state index in [2.05, 4.69) is 5.32 Å². The number of nitrogens with one attached hydrogen (secondary N) is 1. The van der Waals surface area contributed by atoms with Crippen LogP contribution in [-0.2, 0) is 26.2 Å². The van der Waals surface area contributed by atoms with Gasteiger partial charge in [-0.05, 0) is 77.3 Å². The summed E-state index contributed by atoms with van der Waals surface area (Å²) >= 11 is 0. The molecule has 40 heavy (non-hydrogen) atoms. The van der Waals surface area contributed by atoms with E-state index in [-0.39, 0.29) is 17.3 Å². The number of carbonyl (C=O) groups is 2. The number of anilines is 1. The lowest BCUT2D eigenvalue weighted by molar-refractivity contribution is -0.141. The van der Waals surface area contributed by atoms with Gasteiger partial charge in [-0.25, -0.2) is 8.42 Å². The van der Waals surface area contributed by atoms with Crippen molar-refractivity contribution in [3.8, 4) is 0 Å². The van der Waals surface area contributed by atoms with Crippen molar-refractivity contribution in [2.45, 2.75) is 77.9 Å². The summed E-state index contributed by atoms with van der Waals surface area (Å²) in [5, 5.41) is 2.99. The van der Waals surface area contributed by atoms with Gasteiger partial charge < -0.3 is 10.2 Å². The lowest BCUT2D eigenvalue weighted by Crippen LogP contribution is -2.55. The Labute approximate surface area is 239 Å². The molecule has 3 rings (SSSR count). The Morgan fingerprint density at radius 2 is 1.48 bits per heavy atom. The molecule has 8 heteroatoms. The van der Waals surface area contributed by atoms with Crippen LogP contribution in [0.2, 0.25) is 0 Å². The molecule has 0 saturated heterocycles. The maximum absolute atomic E-state index is 14.2. The monoisotopic (exact) mass is 563 g/mol. The molecule has 0 aliphatic heterocycles. The van der Waals surface area contributed by atoms with Gasteiger partial charge >= 0.3 is 0 Å². The van der Waals surface area contributed by atoms with Crippen LogP contribution in [0.3, 0.4) is 0 Å². The highest BCUT2D eigenvalue weighted by Crippen LogP contribution is 2.28. The van der Waals surface area contributed by atoms with E-state index < -0.39 is 34.1 Å². The third-order valence-electron chi connectivity index (χ3n) is 6.59. The van der Waals surface area contributed by atoms with Crippen LogP contribution >= 0.6 is 0 Å². The molecule has 3 aromatic carbocycles. The standard InChI is InChI=1S/C32H41N3O4S/c1-8-28(31(37)33-32(5,6)7)34(21-26-17-14-23(2)15-18-26)30(36)22-35(29-19-16-24(3)20-25(29)4)40(38,39)27-12-10-9-11-13-27/h9-20,28H,8,21-22H2,1-7H3,(H,33,37)/t28-/m1/s1. The average molecular weight is 564 g/mol. The number of rotatable bonds is 10. The smallest absolute Gasteiger partial charge is 0.264 e. The first-order chi connectivity index (χ1) is 18.7. The Morgan fingerprint density at radius 1 is 0.875 bits per heavy atom. The van der Waals surface area contributed by atoms with Crippen molar-refractivity contribution in [1.82, 2.24) is 10.2 Å². The van der Waals surface area contributed by atoms with E-state index in [9.17, 15) is 18.0 Å². The fraction of sp³-hybridized carbons (Fsp3) is 0.375. The van der Waals surface area contributed by atoms with Gasteiger partial charge in [-0.3, -0.25) is 13.9 Å². The van der Waals surface area contributed by atoms with Crippen molar-refractivity contribution >= 4 is 27.5 Å². The molecule has 0 unspecified atom stereocenters. The highest BCUT2D eigenvalue weighted by molar-refractivity contribution is 7.92. The van der Waals surface area contributed by atoms with Crippen molar-refractivity contribution in [2.24, 2.45) is 0 Å². The van der Waals surface area contributed by atoms with Crippen molar-refractivity contribution < 1.29 is 18.0 Å². The van der Waals surface area contributed by atoms with Gasteiger partial charge in [0.2, 0.25) is 11.8 Å². The minimum absolute atomic E-state index is 0.0883. The minimum atomic E-state index is -4.09. The van der Waals surface area contributed by atoms with Crippen LogP contribution in [0.1, 0.15) is 56.4 Å². The summed E-state index contributed by atoms with van der Waals surface area (Å²) in [5.41, 5.74) is 3.57. The van der Waals surface area contributed by atoms with E-state index in [1.807, 2.05) is 84.9 Å². The van der Waals surface area contributed by atoms with Crippen molar-refractivity contribution in [1.29, 1.82) is 0 Å². The summed E-state index contributed by atoms with van der Waals surface area (Å²) in [6.07, 6.45) is 0.370. The number of amides is 2. The molecule has 7 nitrogen and oxygen atoms in total. The highest BCUT2D eigenvalue weighted by atomic mass is 32.2. The Balaban J connectivity index is 2.09. The Bertz CT molecular complexity index is 1430. The Hall–Kier alpha value is -3.65. The van der Waals surface area contributed by atoms with Crippen molar-refractivity contribution in [3.63, 3.8) is 0 Å². The number of aryl methyl sites for hydroxylation is 3. The summed E-state index contributed by atoms with van der Waals surface area (Å²) in [5.74, 6) is -0.740. The van der Waals surface area contributed by atoms with Crippen LogP contribution in [0.15, 0.2) is 77.7 Å². The number of benzene rings is 3. The molecule has 2 amide bonds. The van der Waals surface area contributed by atoms with E-state index in [1.165, 1.54) is 17.0 Å². The lowest BCUT2D eigenvalue weighted by Gasteiger charge is -2.35. The molecule has 214 valence electrons. The van der Waals surface area contributed by atoms with Gasteiger partial charge in [0, 0.05) is 12.1 Å². The summed E-state index contributed by atoms with van der Waals surface area (Å²) in [6.45, 7) is 13.0. The average Bonchev–Trinajstić information content (AvgIpc) is 2.88. The van der Waals surface area contributed by atoms with Crippen LogP contribution in [0, 0.1) is 20.8 Å². The maximum atomic E-state index is 14.2. The molecule has 0 aromatic heterocycles. The first-order valence-corrected chi connectivity index (χ1v) is 15.0. The predicted molar refractivity (Wildman–Crippen MR) is 161 cm³/mol. The van der Waals surface area contributed by atoms with E-state index in [1.54, 1.807) is 24.3 Å². The quantitative estimate of drug-likeness (QED) is 0.352. The molecule has 0 aliphatic rings. The van der Waals surface area contributed by atoms with Crippen molar-refractivity contribution in [2.75, 3.05) is 10.8 Å². The second-order valence-electron chi connectivity index (χ2n) is 11.3. The molecule has 0 spiro atoms. The van der Waals surface area contributed by atoms with Crippen LogP contribution in [0.5, 0.6) is 0 Å². The number of carbonyl (C=O) groups excluding carboxylic acids is 2. The predicted octanol–water partition coefficient (Wildman–Crippen LogP) is 5.53. The second kappa shape index (κ2) is 12.7. The van der Waals surface area contributed by atoms with Gasteiger partial charge in [-0.2, -0.15) is 0 Å². The fourth-order valence-electron chi connectivity index (χ4n) is 4.58. The molecule has 0 saturated carbocycles. The third-order valence-corrected chi connectivity index (χ3v) is 8.36. The Kier molecular flexibility index (Phi) is 9.79. The maximum Gasteiger partial charge on any atom is 0.264 e. The number of hydrogen-bond donors (Lipinski definition) is 1. The summed E-state index contributed by atoms with van der Waals surface area (Å²) < 4.78 is 29.1. The topological polar surface area (TPSA) is 86.8 Å². The van der Waals surface area contributed by atoms with Crippen LogP contribution in [-0.4, -0.2) is 43.3 Å². The first kappa shape index (κ1) is 30.9. The van der Waals surface area contributed by atoms with E-state index in [4.69, 9.17) is 0 Å². The summed E-state index contributed by atoms with van der Waals surface area (Å²) in [6, 6.07) is 20.5. The van der Waals surface area contributed by atoms with Gasteiger partial charge in [0.25, 0.3) is 10.0 Å². The molecule has 1 N–H and O–H groups in total. The van der Waals surface area contributed by atoms with Crippen LogP contribution in [0.4, 0.5) is 5.69 Å². The lowest BCUT2D eigenvalue weighted by atomic mass is 10.1. The molecule has 0 radical (unpaired) electrons. The summed E-state index contributed by atoms with van der Waals surface area (Å²) in [4.78, 5) is 29.2. The molecule has 0 aliphatic carbocycles. The number of nitrogens with zero attached hydrogens (tertiary/aromatic N) is 2. The molecular formula is C32H41N3O4S. The fourth-order valence-corrected chi connectivity index (χ4v) is 6.08.